The Morgan fingerprint density at radius 1 is 1.25 bits per heavy atom. The maximum atomic E-state index is 4.90. The number of hydrazone groups is 1. The van der Waals surface area contributed by atoms with Crippen LogP contribution < -0.4 is 15.2 Å². The van der Waals surface area contributed by atoms with Gasteiger partial charge in [0.15, 0.2) is 5.82 Å². The smallest absolute Gasteiger partial charge is 0.245 e. The van der Waals surface area contributed by atoms with Crippen LogP contribution in [-0.2, 0) is 0 Å². The quantitative estimate of drug-likeness (QED) is 0.631. The highest BCUT2D eigenvalue weighted by Gasteiger charge is 2.35. The highest BCUT2D eigenvalue weighted by molar-refractivity contribution is 5.98. The lowest BCUT2D eigenvalue weighted by atomic mass is 10.0. The van der Waals surface area contributed by atoms with Gasteiger partial charge in [-0.25, -0.2) is 10.4 Å². The number of likely N-dealkylation sites (N-methyl/N-ethyl adjacent to an activating group) is 1. The lowest BCUT2D eigenvalue weighted by Gasteiger charge is -2.45. The topological polar surface area (TPSA) is 69.5 Å². The zero-order valence-corrected chi connectivity index (χ0v) is 17.0. The highest BCUT2D eigenvalue weighted by atomic mass is 15.4. The molecule has 28 heavy (non-hydrogen) atoms. The zero-order valence-electron chi connectivity index (χ0n) is 17.0. The summed E-state index contributed by atoms with van der Waals surface area (Å²) in [5.41, 5.74) is 6.06. The predicted octanol–water partition coefficient (Wildman–Crippen LogP) is 3.69. The molecule has 148 valence electrons. The summed E-state index contributed by atoms with van der Waals surface area (Å²) in [5, 5.41) is 4.48. The SMILES string of the molecule is CCC1CN(C)c2cnc(N/N=C(\C)c3ccncc3)nc2N1C1CCCC1. The van der Waals surface area contributed by atoms with Gasteiger partial charge in [0, 0.05) is 43.6 Å². The minimum atomic E-state index is 0.491. The Kier molecular flexibility index (Phi) is 5.41. The van der Waals surface area contributed by atoms with Crippen molar-refractivity contribution in [1.82, 2.24) is 15.0 Å². The van der Waals surface area contributed by atoms with Crippen LogP contribution in [0.4, 0.5) is 17.5 Å². The van der Waals surface area contributed by atoms with E-state index in [0.29, 0.717) is 18.0 Å². The largest absolute Gasteiger partial charge is 0.368 e. The Morgan fingerprint density at radius 3 is 2.71 bits per heavy atom. The summed E-state index contributed by atoms with van der Waals surface area (Å²) in [6, 6.07) is 4.96. The highest BCUT2D eigenvalue weighted by Crippen LogP contribution is 2.39. The van der Waals surface area contributed by atoms with Gasteiger partial charge in [0.2, 0.25) is 5.95 Å². The molecule has 2 aliphatic rings. The van der Waals surface area contributed by atoms with Gasteiger partial charge in [-0.2, -0.15) is 10.1 Å². The first-order chi connectivity index (χ1) is 13.7. The van der Waals surface area contributed by atoms with E-state index in [4.69, 9.17) is 4.98 Å². The molecule has 0 spiro atoms. The number of fused-ring (bicyclic) bond motifs is 1. The van der Waals surface area contributed by atoms with E-state index in [1.807, 2.05) is 25.3 Å². The fraction of sp³-hybridized carbons (Fsp3) is 0.524. The second-order valence-electron chi connectivity index (χ2n) is 7.74. The van der Waals surface area contributed by atoms with Crippen molar-refractivity contribution >= 4 is 23.2 Å². The summed E-state index contributed by atoms with van der Waals surface area (Å²) < 4.78 is 0. The van der Waals surface area contributed by atoms with Crippen LogP contribution in [-0.4, -0.2) is 46.3 Å². The molecule has 3 heterocycles. The first kappa shape index (κ1) is 18.7. The van der Waals surface area contributed by atoms with E-state index in [9.17, 15) is 0 Å². The van der Waals surface area contributed by atoms with Crippen LogP contribution in [0.5, 0.6) is 0 Å². The van der Waals surface area contributed by atoms with E-state index < -0.39 is 0 Å². The molecule has 1 saturated carbocycles. The van der Waals surface area contributed by atoms with E-state index in [0.717, 1.165) is 35.7 Å². The van der Waals surface area contributed by atoms with Gasteiger partial charge >= 0.3 is 0 Å². The van der Waals surface area contributed by atoms with Crippen molar-refractivity contribution < 1.29 is 0 Å². The molecule has 1 N–H and O–H groups in total. The van der Waals surface area contributed by atoms with Crippen molar-refractivity contribution in [3.8, 4) is 0 Å². The molecule has 2 aromatic rings. The molecule has 1 fully saturated rings. The molecule has 0 bridgehead atoms. The molecule has 1 unspecified atom stereocenters. The Balaban J connectivity index is 1.62. The summed E-state index contributed by atoms with van der Waals surface area (Å²) in [7, 11) is 2.13. The summed E-state index contributed by atoms with van der Waals surface area (Å²) in [6.07, 6.45) is 11.7. The van der Waals surface area contributed by atoms with Crippen LogP contribution in [0.25, 0.3) is 0 Å². The van der Waals surface area contributed by atoms with E-state index in [1.54, 1.807) is 12.4 Å². The van der Waals surface area contributed by atoms with Gasteiger partial charge in [-0.15, -0.1) is 0 Å². The van der Waals surface area contributed by atoms with Gasteiger partial charge in [-0.1, -0.05) is 19.8 Å². The molecule has 0 aromatic carbocycles. The van der Waals surface area contributed by atoms with Crippen LogP contribution in [0.1, 0.15) is 51.5 Å². The monoisotopic (exact) mass is 379 g/mol. The Morgan fingerprint density at radius 2 is 2.00 bits per heavy atom. The molecule has 1 atom stereocenters. The lowest BCUT2D eigenvalue weighted by molar-refractivity contribution is 0.476. The molecule has 1 aliphatic carbocycles. The Hall–Kier alpha value is -2.70. The third kappa shape index (κ3) is 3.66. The van der Waals surface area contributed by atoms with Crippen LogP contribution in [0.2, 0.25) is 0 Å². The van der Waals surface area contributed by atoms with Crippen molar-refractivity contribution in [2.24, 2.45) is 5.10 Å². The molecule has 0 saturated heterocycles. The number of hydrogen-bond acceptors (Lipinski definition) is 7. The van der Waals surface area contributed by atoms with Gasteiger partial charge in [-0.3, -0.25) is 4.98 Å². The Bertz CT molecular complexity index is 830. The van der Waals surface area contributed by atoms with E-state index in [2.05, 4.69) is 44.3 Å². The average Bonchev–Trinajstić information content (AvgIpc) is 3.26. The number of pyridine rings is 1. The van der Waals surface area contributed by atoms with Gasteiger partial charge in [0.25, 0.3) is 0 Å². The normalized spacial score (nSPS) is 20.4. The van der Waals surface area contributed by atoms with E-state index in [-0.39, 0.29) is 0 Å². The van der Waals surface area contributed by atoms with Gasteiger partial charge in [0.05, 0.1) is 17.6 Å². The van der Waals surface area contributed by atoms with Crippen LogP contribution >= 0.6 is 0 Å². The third-order valence-corrected chi connectivity index (χ3v) is 5.89. The number of aromatic nitrogens is 3. The summed E-state index contributed by atoms with van der Waals surface area (Å²) >= 11 is 0. The first-order valence-corrected chi connectivity index (χ1v) is 10.2. The average molecular weight is 380 g/mol. The maximum Gasteiger partial charge on any atom is 0.245 e. The van der Waals surface area contributed by atoms with Crippen molar-refractivity contribution in [3.05, 3.63) is 36.3 Å². The maximum absolute atomic E-state index is 4.90. The molecular formula is C21H29N7. The second kappa shape index (κ2) is 8.12. The molecule has 4 rings (SSSR count). The third-order valence-electron chi connectivity index (χ3n) is 5.89. The van der Waals surface area contributed by atoms with Crippen molar-refractivity contribution in [1.29, 1.82) is 0 Å². The summed E-state index contributed by atoms with van der Waals surface area (Å²) in [5.74, 6) is 1.59. The van der Waals surface area contributed by atoms with Gasteiger partial charge in [-0.05, 0) is 38.3 Å². The van der Waals surface area contributed by atoms with Crippen LogP contribution in [0.15, 0.2) is 35.8 Å². The zero-order chi connectivity index (χ0) is 19.5. The van der Waals surface area contributed by atoms with E-state index in [1.165, 1.54) is 25.7 Å². The molecular weight excluding hydrogens is 350 g/mol. The number of anilines is 3. The van der Waals surface area contributed by atoms with Gasteiger partial charge in [0.1, 0.15) is 0 Å². The molecule has 0 radical (unpaired) electrons. The first-order valence-electron chi connectivity index (χ1n) is 10.2. The van der Waals surface area contributed by atoms with Crippen molar-refractivity contribution in [3.63, 3.8) is 0 Å². The number of nitrogens with zero attached hydrogens (tertiary/aromatic N) is 6. The lowest BCUT2D eigenvalue weighted by Crippen LogP contribution is -2.52. The molecule has 7 heteroatoms. The van der Waals surface area contributed by atoms with Gasteiger partial charge < -0.3 is 9.80 Å². The predicted molar refractivity (Wildman–Crippen MR) is 114 cm³/mol. The van der Waals surface area contributed by atoms with Crippen molar-refractivity contribution in [2.45, 2.75) is 58.0 Å². The second-order valence-corrected chi connectivity index (χ2v) is 7.74. The summed E-state index contributed by atoms with van der Waals surface area (Å²) in [6.45, 7) is 5.26. The fourth-order valence-corrected chi connectivity index (χ4v) is 4.33. The Labute approximate surface area is 166 Å². The number of hydrogen-bond donors (Lipinski definition) is 1. The fourth-order valence-electron chi connectivity index (χ4n) is 4.33. The minimum Gasteiger partial charge on any atom is -0.368 e. The van der Waals surface area contributed by atoms with Crippen LogP contribution in [0, 0.1) is 0 Å². The van der Waals surface area contributed by atoms with Crippen molar-refractivity contribution in [2.75, 3.05) is 28.8 Å². The molecule has 7 nitrogen and oxygen atoms in total. The molecule has 2 aromatic heterocycles. The standard InChI is InChI=1S/C21H29N7/c1-4-17-14-27(3)19-13-23-21(24-20(19)28(17)18-7-5-6-8-18)26-25-15(2)16-9-11-22-12-10-16/h9-13,17-18H,4-8,14H2,1-3H3,(H,23,24,26)/b25-15+. The molecule has 0 amide bonds. The van der Waals surface area contributed by atoms with Crippen LogP contribution in [0.3, 0.4) is 0 Å². The van der Waals surface area contributed by atoms with E-state index >= 15 is 0 Å². The number of rotatable bonds is 5. The summed E-state index contributed by atoms with van der Waals surface area (Å²) in [4.78, 5) is 18.3. The molecule has 1 aliphatic heterocycles. The minimum absolute atomic E-state index is 0.491. The number of nitrogens with one attached hydrogen (secondary N) is 1.